The van der Waals surface area contributed by atoms with Gasteiger partial charge in [0.1, 0.15) is 0 Å². The second kappa shape index (κ2) is 4.68. The predicted octanol–water partition coefficient (Wildman–Crippen LogP) is 2.61. The highest BCUT2D eigenvalue weighted by Gasteiger charge is 2.02. The first kappa shape index (κ1) is 10.6. The van der Waals surface area contributed by atoms with Crippen LogP contribution < -0.4 is 5.73 Å². The van der Waals surface area contributed by atoms with Gasteiger partial charge in [-0.2, -0.15) is 0 Å². The predicted molar refractivity (Wildman–Crippen MR) is 60.3 cm³/mol. The molecule has 0 aliphatic carbocycles. The summed E-state index contributed by atoms with van der Waals surface area (Å²) in [6, 6.07) is 6.82. The molecule has 13 heavy (non-hydrogen) atoms. The third-order valence-corrected chi connectivity index (χ3v) is 2.82. The lowest BCUT2D eigenvalue weighted by atomic mass is 10.0. The Labute approximate surface area is 84.7 Å². The average Bonchev–Trinajstić information content (AvgIpc) is 2.08. The molecule has 1 unspecified atom stereocenters. The summed E-state index contributed by atoms with van der Waals surface area (Å²) in [5.41, 5.74) is 8.48. The van der Waals surface area contributed by atoms with Gasteiger partial charge in [0.15, 0.2) is 0 Å². The van der Waals surface area contributed by atoms with E-state index in [2.05, 4.69) is 31.4 Å². The van der Waals surface area contributed by atoms with Crippen molar-refractivity contribution in [1.29, 1.82) is 0 Å². The molecule has 0 aliphatic heterocycles. The molecule has 1 aromatic carbocycles. The van der Waals surface area contributed by atoms with E-state index in [1.807, 2.05) is 6.92 Å². The minimum absolute atomic E-state index is 0.249. The van der Waals surface area contributed by atoms with Crippen LogP contribution >= 0.6 is 11.8 Å². The highest BCUT2D eigenvalue weighted by atomic mass is 32.2. The van der Waals surface area contributed by atoms with Gasteiger partial charge in [-0.1, -0.05) is 6.07 Å². The van der Waals surface area contributed by atoms with Crippen molar-refractivity contribution in [2.45, 2.75) is 31.2 Å². The maximum absolute atomic E-state index is 5.76. The Kier molecular flexibility index (Phi) is 3.82. The van der Waals surface area contributed by atoms with E-state index in [1.165, 1.54) is 16.0 Å². The number of thioether (sulfide) groups is 1. The Hall–Kier alpha value is -0.470. The van der Waals surface area contributed by atoms with Crippen molar-refractivity contribution in [3.63, 3.8) is 0 Å². The van der Waals surface area contributed by atoms with Gasteiger partial charge in [0.25, 0.3) is 0 Å². The quantitative estimate of drug-likeness (QED) is 0.750. The maximum atomic E-state index is 5.76. The van der Waals surface area contributed by atoms with Gasteiger partial charge in [-0.25, -0.2) is 0 Å². The summed E-state index contributed by atoms with van der Waals surface area (Å²) < 4.78 is 0. The molecular weight excluding hydrogens is 178 g/mol. The second-order valence-corrected chi connectivity index (χ2v) is 4.35. The Balaban J connectivity index is 2.85. The van der Waals surface area contributed by atoms with E-state index in [0.29, 0.717) is 0 Å². The van der Waals surface area contributed by atoms with Crippen LogP contribution in [0.4, 0.5) is 0 Å². The summed E-state index contributed by atoms with van der Waals surface area (Å²) in [6.07, 6.45) is 3.07. The van der Waals surface area contributed by atoms with Crippen LogP contribution in [0.1, 0.15) is 18.1 Å². The molecule has 1 nitrogen and oxygen atoms in total. The smallest absolute Gasteiger partial charge is 0.00719 e. The van der Waals surface area contributed by atoms with Crippen molar-refractivity contribution in [3.05, 3.63) is 29.3 Å². The monoisotopic (exact) mass is 195 g/mol. The Morgan fingerprint density at radius 2 is 2.15 bits per heavy atom. The van der Waals surface area contributed by atoms with Crippen LogP contribution in [0, 0.1) is 6.92 Å². The van der Waals surface area contributed by atoms with E-state index in [4.69, 9.17) is 5.73 Å². The van der Waals surface area contributed by atoms with E-state index < -0.39 is 0 Å². The molecule has 0 saturated carbocycles. The molecule has 2 N–H and O–H groups in total. The van der Waals surface area contributed by atoms with Gasteiger partial charge in [0.05, 0.1) is 0 Å². The standard InChI is InChI=1S/C11H17NS/c1-8-6-11(13-3)5-4-10(8)7-9(2)12/h4-6,9H,7,12H2,1-3H3. The molecule has 1 aromatic rings. The van der Waals surface area contributed by atoms with Gasteiger partial charge in [0, 0.05) is 10.9 Å². The lowest BCUT2D eigenvalue weighted by Crippen LogP contribution is -2.18. The van der Waals surface area contributed by atoms with E-state index in [9.17, 15) is 0 Å². The fourth-order valence-electron chi connectivity index (χ4n) is 1.37. The van der Waals surface area contributed by atoms with Gasteiger partial charge in [-0.3, -0.25) is 0 Å². The first-order chi connectivity index (χ1) is 6.13. The van der Waals surface area contributed by atoms with Crippen LogP contribution in [-0.2, 0) is 6.42 Å². The van der Waals surface area contributed by atoms with Crippen LogP contribution in [-0.4, -0.2) is 12.3 Å². The summed E-state index contributed by atoms with van der Waals surface area (Å²) >= 11 is 1.78. The zero-order valence-corrected chi connectivity index (χ0v) is 9.32. The molecule has 0 fully saturated rings. The molecule has 0 spiro atoms. The highest BCUT2D eigenvalue weighted by molar-refractivity contribution is 7.98. The molecule has 72 valence electrons. The van der Waals surface area contributed by atoms with Crippen LogP contribution in [0.25, 0.3) is 0 Å². The molecule has 0 heterocycles. The van der Waals surface area contributed by atoms with Crippen molar-refractivity contribution in [2.75, 3.05) is 6.26 Å². The van der Waals surface area contributed by atoms with E-state index in [-0.39, 0.29) is 6.04 Å². The molecule has 0 aliphatic rings. The lowest BCUT2D eigenvalue weighted by molar-refractivity contribution is 0.734. The van der Waals surface area contributed by atoms with E-state index in [1.54, 1.807) is 11.8 Å². The molecule has 1 rings (SSSR count). The molecule has 2 heteroatoms. The van der Waals surface area contributed by atoms with Crippen molar-refractivity contribution in [3.8, 4) is 0 Å². The number of hydrogen-bond donors (Lipinski definition) is 1. The Bertz CT molecular complexity index is 281. The van der Waals surface area contributed by atoms with Crippen LogP contribution in [0.15, 0.2) is 23.1 Å². The summed E-state index contributed by atoms with van der Waals surface area (Å²) in [5.74, 6) is 0. The molecule has 0 amide bonds. The summed E-state index contributed by atoms with van der Waals surface area (Å²) in [4.78, 5) is 1.32. The molecular formula is C11H17NS. The van der Waals surface area contributed by atoms with Crippen LogP contribution in [0.3, 0.4) is 0 Å². The van der Waals surface area contributed by atoms with Crippen molar-refractivity contribution < 1.29 is 0 Å². The normalized spacial score (nSPS) is 12.9. The molecule has 0 bridgehead atoms. The van der Waals surface area contributed by atoms with Crippen LogP contribution in [0.2, 0.25) is 0 Å². The maximum Gasteiger partial charge on any atom is 0.00719 e. The average molecular weight is 195 g/mol. The number of nitrogens with two attached hydrogens (primary N) is 1. The Morgan fingerprint density at radius 3 is 2.62 bits per heavy atom. The van der Waals surface area contributed by atoms with E-state index in [0.717, 1.165) is 6.42 Å². The van der Waals surface area contributed by atoms with Gasteiger partial charge in [-0.15, -0.1) is 11.8 Å². The molecule has 1 atom stereocenters. The van der Waals surface area contributed by atoms with Gasteiger partial charge in [-0.05, 0) is 49.8 Å². The summed E-state index contributed by atoms with van der Waals surface area (Å²) in [6.45, 7) is 4.19. The summed E-state index contributed by atoms with van der Waals surface area (Å²) in [7, 11) is 0. The van der Waals surface area contributed by atoms with Crippen LogP contribution in [0.5, 0.6) is 0 Å². The van der Waals surface area contributed by atoms with Crippen molar-refractivity contribution >= 4 is 11.8 Å². The number of benzene rings is 1. The second-order valence-electron chi connectivity index (χ2n) is 3.47. The lowest BCUT2D eigenvalue weighted by Gasteiger charge is -2.09. The van der Waals surface area contributed by atoms with Crippen molar-refractivity contribution in [1.82, 2.24) is 0 Å². The van der Waals surface area contributed by atoms with Gasteiger partial charge in [0.2, 0.25) is 0 Å². The fraction of sp³-hybridized carbons (Fsp3) is 0.455. The highest BCUT2D eigenvalue weighted by Crippen LogP contribution is 2.19. The third-order valence-electron chi connectivity index (χ3n) is 2.09. The van der Waals surface area contributed by atoms with Gasteiger partial charge >= 0.3 is 0 Å². The fourth-order valence-corrected chi connectivity index (χ4v) is 1.87. The van der Waals surface area contributed by atoms with E-state index >= 15 is 0 Å². The zero-order valence-electron chi connectivity index (χ0n) is 8.50. The molecule has 0 aromatic heterocycles. The number of hydrogen-bond acceptors (Lipinski definition) is 2. The summed E-state index contributed by atoms with van der Waals surface area (Å²) in [5, 5.41) is 0. The SMILES string of the molecule is CSc1ccc(CC(C)N)c(C)c1. The molecule has 0 saturated heterocycles. The minimum Gasteiger partial charge on any atom is -0.328 e. The Morgan fingerprint density at radius 1 is 1.46 bits per heavy atom. The first-order valence-corrected chi connectivity index (χ1v) is 5.75. The van der Waals surface area contributed by atoms with Gasteiger partial charge < -0.3 is 5.73 Å². The van der Waals surface area contributed by atoms with Crippen molar-refractivity contribution in [2.24, 2.45) is 5.73 Å². The number of rotatable bonds is 3. The third kappa shape index (κ3) is 3.05. The number of aryl methyl sites for hydroxylation is 1. The minimum atomic E-state index is 0.249. The zero-order chi connectivity index (χ0) is 9.84. The largest absolute Gasteiger partial charge is 0.328 e. The topological polar surface area (TPSA) is 26.0 Å². The molecule has 0 radical (unpaired) electrons. The first-order valence-electron chi connectivity index (χ1n) is 4.52.